The smallest absolute Gasteiger partial charge is 0.274 e. The summed E-state index contributed by atoms with van der Waals surface area (Å²) in [6.45, 7) is 0. The molecule has 58 valence electrons. The molecule has 0 radical (unpaired) electrons. The summed E-state index contributed by atoms with van der Waals surface area (Å²) >= 11 is 5.74. The van der Waals surface area contributed by atoms with Crippen molar-refractivity contribution in [3.63, 3.8) is 0 Å². The predicted octanol–water partition coefficient (Wildman–Crippen LogP) is 2.46. The number of terminal acetylenes is 1. The van der Waals surface area contributed by atoms with E-state index in [2.05, 4.69) is 10.9 Å². The molecule has 0 bridgehead atoms. The van der Waals surface area contributed by atoms with Crippen molar-refractivity contribution in [3.8, 4) is 12.3 Å². The van der Waals surface area contributed by atoms with E-state index in [1.165, 1.54) is 0 Å². The molecule has 2 nitrogen and oxygen atoms in total. The SMILES string of the molecule is C#Cc1nc2cc(Cl)ccc2o1. The van der Waals surface area contributed by atoms with Gasteiger partial charge in [0.05, 0.1) is 0 Å². The molecule has 0 atom stereocenters. The van der Waals surface area contributed by atoms with Crippen molar-refractivity contribution in [1.29, 1.82) is 0 Å². The molecule has 1 aromatic heterocycles. The monoisotopic (exact) mass is 177 g/mol. The van der Waals surface area contributed by atoms with Gasteiger partial charge in [-0.1, -0.05) is 11.6 Å². The topological polar surface area (TPSA) is 26.0 Å². The van der Waals surface area contributed by atoms with E-state index in [1.807, 2.05) is 0 Å². The van der Waals surface area contributed by atoms with Crippen LogP contribution in [0.25, 0.3) is 11.1 Å². The molecular formula is C9H4ClNO. The Bertz CT molecular complexity index is 467. The number of hydrogen-bond donors (Lipinski definition) is 0. The summed E-state index contributed by atoms with van der Waals surface area (Å²) in [5, 5.41) is 0.624. The first-order valence-electron chi connectivity index (χ1n) is 3.32. The molecule has 0 fully saturated rings. The predicted molar refractivity (Wildman–Crippen MR) is 47.0 cm³/mol. The van der Waals surface area contributed by atoms with Crippen LogP contribution in [0.2, 0.25) is 5.02 Å². The molecule has 0 N–H and O–H groups in total. The maximum atomic E-state index is 5.74. The second-order valence-corrected chi connectivity index (χ2v) is 2.71. The van der Waals surface area contributed by atoms with E-state index in [1.54, 1.807) is 18.2 Å². The van der Waals surface area contributed by atoms with Crippen molar-refractivity contribution in [3.05, 3.63) is 29.1 Å². The van der Waals surface area contributed by atoms with Crippen molar-refractivity contribution in [1.82, 2.24) is 4.98 Å². The molecule has 2 aromatic rings. The fourth-order valence-corrected chi connectivity index (χ4v) is 1.13. The highest BCUT2D eigenvalue weighted by atomic mass is 35.5. The minimum absolute atomic E-state index is 0.285. The van der Waals surface area contributed by atoms with Gasteiger partial charge in [-0.3, -0.25) is 0 Å². The zero-order chi connectivity index (χ0) is 8.55. The summed E-state index contributed by atoms with van der Waals surface area (Å²) in [4.78, 5) is 4.00. The van der Waals surface area contributed by atoms with Crippen LogP contribution in [-0.2, 0) is 0 Å². The van der Waals surface area contributed by atoms with Crippen LogP contribution in [0.3, 0.4) is 0 Å². The van der Waals surface area contributed by atoms with Crippen LogP contribution in [0.4, 0.5) is 0 Å². The van der Waals surface area contributed by atoms with Crippen LogP contribution < -0.4 is 0 Å². The molecule has 0 saturated heterocycles. The van der Waals surface area contributed by atoms with Crippen LogP contribution in [0.15, 0.2) is 22.6 Å². The zero-order valence-electron chi connectivity index (χ0n) is 6.04. The summed E-state index contributed by atoms with van der Waals surface area (Å²) < 4.78 is 5.17. The van der Waals surface area contributed by atoms with Gasteiger partial charge in [0.25, 0.3) is 5.89 Å². The molecular weight excluding hydrogens is 174 g/mol. The Morgan fingerprint density at radius 1 is 1.50 bits per heavy atom. The summed E-state index contributed by atoms with van der Waals surface area (Å²) in [6, 6.07) is 5.18. The van der Waals surface area contributed by atoms with E-state index in [0.29, 0.717) is 16.1 Å². The van der Waals surface area contributed by atoms with E-state index in [4.69, 9.17) is 22.4 Å². The Balaban J connectivity index is 2.77. The lowest BCUT2D eigenvalue weighted by atomic mass is 10.3. The van der Waals surface area contributed by atoms with Gasteiger partial charge in [-0.05, 0) is 24.1 Å². The average molecular weight is 178 g/mol. The quantitative estimate of drug-likeness (QED) is 0.578. The number of aromatic nitrogens is 1. The van der Waals surface area contributed by atoms with Gasteiger partial charge in [-0.25, -0.2) is 4.98 Å². The molecule has 0 aliphatic rings. The van der Waals surface area contributed by atoms with Gasteiger partial charge in [0.2, 0.25) is 0 Å². The third kappa shape index (κ3) is 1.05. The van der Waals surface area contributed by atoms with E-state index >= 15 is 0 Å². The number of fused-ring (bicyclic) bond motifs is 1. The Morgan fingerprint density at radius 2 is 2.33 bits per heavy atom. The number of rotatable bonds is 0. The highest BCUT2D eigenvalue weighted by Crippen LogP contribution is 2.19. The van der Waals surface area contributed by atoms with Gasteiger partial charge in [-0.15, -0.1) is 6.42 Å². The second-order valence-electron chi connectivity index (χ2n) is 2.28. The number of halogens is 1. The van der Waals surface area contributed by atoms with Crippen LogP contribution in [0.5, 0.6) is 0 Å². The summed E-state index contributed by atoms with van der Waals surface area (Å²) in [5.41, 5.74) is 1.35. The van der Waals surface area contributed by atoms with Crippen LogP contribution >= 0.6 is 11.6 Å². The van der Waals surface area contributed by atoms with Crippen molar-refractivity contribution in [2.24, 2.45) is 0 Å². The molecule has 0 unspecified atom stereocenters. The Morgan fingerprint density at radius 3 is 3.08 bits per heavy atom. The third-order valence-corrected chi connectivity index (χ3v) is 1.71. The number of hydrogen-bond acceptors (Lipinski definition) is 2. The normalized spacial score (nSPS) is 10.0. The number of benzene rings is 1. The van der Waals surface area contributed by atoms with Crippen molar-refractivity contribution in [2.45, 2.75) is 0 Å². The minimum Gasteiger partial charge on any atom is -0.430 e. The van der Waals surface area contributed by atoms with E-state index in [-0.39, 0.29) is 5.89 Å². The first kappa shape index (κ1) is 7.20. The van der Waals surface area contributed by atoms with Gasteiger partial charge in [0.15, 0.2) is 5.58 Å². The highest BCUT2D eigenvalue weighted by molar-refractivity contribution is 6.31. The summed E-state index contributed by atoms with van der Waals surface area (Å²) in [5.74, 6) is 2.60. The highest BCUT2D eigenvalue weighted by Gasteiger charge is 2.02. The van der Waals surface area contributed by atoms with Crippen molar-refractivity contribution in [2.75, 3.05) is 0 Å². The van der Waals surface area contributed by atoms with Gasteiger partial charge in [0, 0.05) is 5.02 Å². The molecule has 0 saturated carbocycles. The van der Waals surface area contributed by atoms with Crippen molar-refractivity contribution < 1.29 is 4.42 Å². The Hall–Kier alpha value is -1.46. The maximum absolute atomic E-state index is 5.74. The molecule has 0 aliphatic heterocycles. The molecule has 1 aromatic carbocycles. The molecule has 2 rings (SSSR count). The fraction of sp³-hybridized carbons (Fsp3) is 0. The lowest BCUT2D eigenvalue weighted by molar-refractivity contribution is 0.586. The Labute approximate surface area is 74.2 Å². The van der Waals surface area contributed by atoms with Gasteiger partial charge in [-0.2, -0.15) is 0 Å². The fourth-order valence-electron chi connectivity index (χ4n) is 0.962. The van der Waals surface area contributed by atoms with Crippen LogP contribution in [0.1, 0.15) is 5.89 Å². The maximum Gasteiger partial charge on any atom is 0.274 e. The standard InChI is InChI=1S/C9H4ClNO/c1-2-9-11-7-5-6(10)3-4-8(7)12-9/h1,3-5H. The number of oxazole rings is 1. The summed E-state index contributed by atoms with van der Waals surface area (Å²) in [6.07, 6.45) is 5.11. The van der Waals surface area contributed by atoms with Crippen LogP contribution in [0, 0.1) is 12.3 Å². The van der Waals surface area contributed by atoms with Crippen LogP contribution in [-0.4, -0.2) is 4.98 Å². The molecule has 12 heavy (non-hydrogen) atoms. The molecule has 0 spiro atoms. The van der Waals surface area contributed by atoms with E-state index in [0.717, 1.165) is 0 Å². The molecule has 0 aliphatic carbocycles. The van der Waals surface area contributed by atoms with Gasteiger partial charge >= 0.3 is 0 Å². The largest absolute Gasteiger partial charge is 0.430 e. The summed E-state index contributed by atoms with van der Waals surface area (Å²) in [7, 11) is 0. The first-order valence-corrected chi connectivity index (χ1v) is 3.70. The van der Waals surface area contributed by atoms with Gasteiger partial charge in [0.1, 0.15) is 5.52 Å². The van der Waals surface area contributed by atoms with E-state index in [9.17, 15) is 0 Å². The second kappa shape index (κ2) is 2.54. The van der Waals surface area contributed by atoms with Gasteiger partial charge < -0.3 is 4.42 Å². The molecule has 1 heterocycles. The minimum atomic E-state index is 0.285. The van der Waals surface area contributed by atoms with Crippen molar-refractivity contribution >= 4 is 22.7 Å². The first-order chi connectivity index (χ1) is 5.79. The zero-order valence-corrected chi connectivity index (χ0v) is 6.80. The van der Waals surface area contributed by atoms with E-state index < -0.39 is 0 Å². The lowest BCUT2D eigenvalue weighted by Crippen LogP contribution is -1.69. The average Bonchev–Trinajstić information content (AvgIpc) is 2.46. The number of nitrogens with zero attached hydrogens (tertiary/aromatic N) is 1. The Kier molecular flexibility index (Phi) is 1.53. The molecule has 0 amide bonds. The lowest BCUT2D eigenvalue weighted by Gasteiger charge is -1.85. The molecule has 3 heteroatoms. The third-order valence-electron chi connectivity index (χ3n) is 1.47.